The van der Waals surface area contributed by atoms with E-state index in [1.54, 1.807) is 5.57 Å². The van der Waals surface area contributed by atoms with E-state index in [0.29, 0.717) is 11.3 Å². The monoisotopic (exact) mass is 298 g/mol. The zero-order valence-electron chi connectivity index (χ0n) is 12.8. The Hall–Kier alpha value is -0.0500. The summed E-state index contributed by atoms with van der Waals surface area (Å²) in [7, 11) is 0. The Morgan fingerprint density at radius 3 is 2.60 bits per heavy atom. The molecule has 2 saturated heterocycles. The Morgan fingerprint density at radius 1 is 1.15 bits per heavy atom. The van der Waals surface area contributed by atoms with Gasteiger partial charge in [-0.2, -0.15) is 0 Å². The van der Waals surface area contributed by atoms with Gasteiger partial charge < -0.3 is 9.47 Å². The van der Waals surface area contributed by atoms with Crippen LogP contribution in [0.25, 0.3) is 0 Å². The summed E-state index contributed by atoms with van der Waals surface area (Å²) >= 11 is 6.46. The lowest BCUT2D eigenvalue weighted by atomic mass is 9.69. The molecule has 0 radical (unpaired) electrons. The highest BCUT2D eigenvalue weighted by atomic mass is 35.5. The van der Waals surface area contributed by atoms with Crippen LogP contribution in [0.3, 0.4) is 0 Å². The Morgan fingerprint density at radius 2 is 1.90 bits per heavy atom. The Kier molecular flexibility index (Phi) is 4.18. The van der Waals surface area contributed by atoms with Crippen molar-refractivity contribution in [1.29, 1.82) is 0 Å². The molecule has 0 saturated carbocycles. The second kappa shape index (κ2) is 5.62. The lowest BCUT2D eigenvalue weighted by Crippen LogP contribution is -2.45. The van der Waals surface area contributed by atoms with Gasteiger partial charge in [0.1, 0.15) is 0 Å². The van der Waals surface area contributed by atoms with Crippen molar-refractivity contribution in [3.05, 3.63) is 11.6 Å². The Labute approximate surface area is 127 Å². The molecule has 2 atom stereocenters. The van der Waals surface area contributed by atoms with Crippen molar-refractivity contribution < 1.29 is 9.47 Å². The summed E-state index contributed by atoms with van der Waals surface area (Å²) in [6, 6.07) is 0. The molecular weight excluding hydrogens is 272 g/mol. The zero-order chi connectivity index (χ0) is 14.2. The standard InChI is InChI=1S/C17H27ClO2/c1-16(2)10-14(9-15(18)12-16)13-3-6-20-17(11-13)4-7-19-8-5-17/h9,13,15H,3-8,10-12H2,1-2H3. The van der Waals surface area contributed by atoms with Gasteiger partial charge in [0.2, 0.25) is 0 Å². The molecule has 0 N–H and O–H groups in total. The third kappa shape index (κ3) is 3.23. The molecule has 0 amide bonds. The fraction of sp³-hybridized carbons (Fsp3) is 0.882. The topological polar surface area (TPSA) is 18.5 Å². The molecule has 114 valence electrons. The first-order chi connectivity index (χ1) is 9.48. The van der Waals surface area contributed by atoms with E-state index in [4.69, 9.17) is 21.1 Å². The van der Waals surface area contributed by atoms with Crippen LogP contribution in [0.5, 0.6) is 0 Å². The fourth-order valence-electron chi connectivity index (χ4n) is 4.22. The van der Waals surface area contributed by atoms with Gasteiger partial charge in [0.05, 0.1) is 11.0 Å². The molecule has 2 aliphatic heterocycles. The first kappa shape index (κ1) is 14.9. The SMILES string of the molecule is CC1(C)CC(C2CCOC3(CCOCC3)C2)=CC(Cl)C1. The van der Waals surface area contributed by atoms with Crippen molar-refractivity contribution in [2.24, 2.45) is 11.3 Å². The largest absolute Gasteiger partial charge is 0.381 e. The van der Waals surface area contributed by atoms with Crippen LogP contribution in [0, 0.1) is 11.3 Å². The minimum absolute atomic E-state index is 0.0887. The van der Waals surface area contributed by atoms with Gasteiger partial charge in [-0.1, -0.05) is 25.5 Å². The fourth-order valence-corrected chi connectivity index (χ4v) is 4.80. The van der Waals surface area contributed by atoms with Crippen molar-refractivity contribution in [2.75, 3.05) is 19.8 Å². The summed E-state index contributed by atoms with van der Waals surface area (Å²) < 4.78 is 11.7. The maximum Gasteiger partial charge on any atom is 0.0732 e. The van der Waals surface area contributed by atoms with Crippen molar-refractivity contribution in [2.45, 2.75) is 63.4 Å². The van der Waals surface area contributed by atoms with E-state index in [2.05, 4.69) is 19.9 Å². The van der Waals surface area contributed by atoms with Crippen LogP contribution < -0.4 is 0 Å². The van der Waals surface area contributed by atoms with E-state index in [-0.39, 0.29) is 11.0 Å². The predicted octanol–water partition coefficient (Wildman–Crippen LogP) is 4.32. The number of hydrogen-bond donors (Lipinski definition) is 0. The van der Waals surface area contributed by atoms with Crippen LogP contribution >= 0.6 is 11.6 Å². The van der Waals surface area contributed by atoms with E-state index in [0.717, 1.165) is 45.5 Å². The molecule has 1 aliphatic carbocycles. The highest BCUT2D eigenvalue weighted by Gasteiger charge is 2.41. The molecule has 2 nitrogen and oxygen atoms in total. The molecule has 20 heavy (non-hydrogen) atoms. The average molecular weight is 299 g/mol. The van der Waals surface area contributed by atoms with E-state index in [9.17, 15) is 0 Å². The zero-order valence-corrected chi connectivity index (χ0v) is 13.5. The van der Waals surface area contributed by atoms with Gasteiger partial charge in [0.25, 0.3) is 0 Å². The van der Waals surface area contributed by atoms with Crippen molar-refractivity contribution >= 4 is 11.6 Å². The number of rotatable bonds is 1. The van der Waals surface area contributed by atoms with Crippen LogP contribution in [-0.2, 0) is 9.47 Å². The number of hydrogen-bond acceptors (Lipinski definition) is 2. The molecule has 0 aromatic heterocycles. The number of alkyl halides is 1. The second-order valence-electron chi connectivity index (χ2n) is 7.64. The smallest absolute Gasteiger partial charge is 0.0732 e. The lowest BCUT2D eigenvalue weighted by molar-refractivity contribution is -0.143. The van der Waals surface area contributed by atoms with Gasteiger partial charge in [0, 0.05) is 19.8 Å². The molecule has 3 rings (SSSR count). The first-order valence-corrected chi connectivity index (χ1v) is 8.48. The van der Waals surface area contributed by atoms with Crippen LogP contribution in [0.4, 0.5) is 0 Å². The van der Waals surface area contributed by atoms with Crippen LogP contribution in [-0.4, -0.2) is 30.8 Å². The van der Waals surface area contributed by atoms with Crippen molar-refractivity contribution in [3.63, 3.8) is 0 Å². The van der Waals surface area contributed by atoms with Crippen LogP contribution in [0.2, 0.25) is 0 Å². The lowest BCUT2D eigenvalue weighted by Gasteiger charge is -2.45. The van der Waals surface area contributed by atoms with Crippen molar-refractivity contribution in [3.8, 4) is 0 Å². The third-order valence-electron chi connectivity index (χ3n) is 5.25. The van der Waals surface area contributed by atoms with Gasteiger partial charge >= 0.3 is 0 Å². The van der Waals surface area contributed by atoms with E-state index < -0.39 is 0 Å². The molecule has 0 bridgehead atoms. The van der Waals surface area contributed by atoms with Gasteiger partial charge in [-0.15, -0.1) is 11.6 Å². The molecule has 2 unspecified atom stereocenters. The van der Waals surface area contributed by atoms with Gasteiger partial charge in [-0.25, -0.2) is 0 Å². The number of allylic oxidation sites excluding steroid dienone is 2. The summed E-state index contributed by atoms with van der Waals surface area (Å²) in [4.78, 5) is 0. The summed E-state index contributed by atoms with van der Waals surface area (Å²) in [5.74, 6) is 0.669. The minimum Gasteiger partial charge on any atom is -0.381 e. The third-order valence-corrected chi connectivity index (χ3v) is 5.53. The van der Waals surface area contributed by atoms with Gasteiger partial charge in [0.15, 0.2) is 0 Å². The van der Waals surface area contributed by atoms with Crippen molar-refractivity contribution in [1.82, 2.24) is 0 Å². The normalized spacial score (nSPS) is 36.6. The molecular formula is C17H27ClO2. The summed E-state index contributed by atoms with van der Waals surface area (Å²) in [6.45, 7) is 7.30. The quantitative estimate of drug-likeness (QED) is 0.530. The molecule has 1 spiro atoms. The summed E-state index contributed by atoms with van der Waals surface area (Å²) in [5.41, 5.74) is 2.03. The average Bonchev–Trinajstić information content (AvgIpc) is 2.37. The van der Waals surface area contributed by atoms with E-state index >= 15 is 0 Å². The van der Waals surface area contributed by atoms with E-state index in [1.807, 2.05) is 0 Å². The van der Waals surface area contributed by atoms with Crippen LogP contribution in [0.15, 0.2) is 11.6 Å². The highest BCUT2D eigenvalue weighted by molar-refractivity contribution is 6.21. The van der Waals surface area contributed by atoms with Gasteiger partial charge in [-0.3, -0.25) is 0 Å². The highest BCUT2D eigenvalue weighted by Crippen LogP contribution is 2.46. The van der Waals surface area contributed by atoms with E-state index in [1.165, 1.54) is 12.8 Å². The minimum atomic E-state index is 0.0887. The number of halogens is 1. The number of ether oxygens (including phenoxy) is 2. The maximum atomic E-state index is 6.46. The summed E-state index contributed by atoms with van der Waals surface area (Å²) in [6.07, 6.45) is 9.09. The molecule has 2 fully saturated rings. The molecule has 3 heteroatoms. The van der Waals surface area contributed by atoms with Gasteiger partial charge in [-0.05, 0) is 49.9 Å². The van der Waals surface area contributed by atoms with Crippen LogP contribution in [0.1, 0.15) is 52.4 Å². The Bertz CT molecular complexity index is 377. The molecule has 0 aromatic carbocycles. The Balaban J connectivity index is 1.73. The summed E-state index contributed by atoms with van der Waals surface area (Å²) in [5, 5.41) is 0.210. The second-order valence-corrected chi connectivity index (χ2v) is 8.20. The predicted molar refractivity (Wildman–Crippen MR) is 82.2 cm³/mol. The maximum absolute atomic E-state index is 6.46. The molecule has 0 aromatic rings. The molecule has 2 heterocycles. The molecule has 3 aliphatic rings. The first-order valence-electron chi connectivity index (χ1n) is 8.05.